The Morgan fingerprint density at radius 3 is 2.66 bits per heavy atom. The van der Waals surface area contributed by atoms with Gasteiger partial charge >= 0.3 is 0 Å². The summed E-state index contributed by atoms with van der Waals surface area (Å²) in [5.74, 6) is 0.940. The maximum Gasteiger partial charge on any atom is 0.224 e. The Kier molecular flexibility index (Phi) is 7.89. The Hall–Kier alpha value is -2.12. The van der Waals surface area contributed by atoms with E-state index in [1.807, 2.05) is 6.07 Å². The zero-order valence-corrected chi connectivity index (χ0v) is 17.2. The lowest BCUT2D eigenvalue weighted by molar-refractivity contribution is -0.123. The van der Waals surface area contributed by atoms with Gasteiger partial charge in [0.1, 0.15) is 5.75 Å². The third kappa shape index (κ3) is 7.01. The fraction of sp³-hybridized carbons (Fsp3) is 0.636. The molecule has 0 unspecified atom stereocenters. The van der Waals surface area contributed by atoms with Crippen LogP contribution in [0.4, 0.5) is 0 Å². The molecule has 1 saturated carbocycles. The Bertz CT molecular complexity index is 692. The number of hydrogen-bond donors (Lipinski definition) is 3. The molecule has 1 aromatic rings. The zero-order chi connectivity index (χ0) is 20.6. The number of nitrogens with one attached hydrogen (secondary N) is 2. The van der Waals surface area contributed by atoms with Crippen LogP contribution in [0.2, 0.25) is 0 Å². The smallest absolute Gasteiger partial charge is 0.224 e. The van der Waals surface area contributed by atoms with Gasteiger partial charge in [-0.15, -0.1) is 0 Å². The van der Waals surface area contributed by atoms with Crippen LogP contribution in [-0.4, -0.2) is 67.3 Å². The highest BCUT2D eigenvalue weighted by molar-refractivity contribution is 5.78. The largest absolute Gasteiger partial charge is 0.508 e. The molecule has 3 N–H and O–H groups in total. The van der Waals surface area contributed by atoms with E-state index in [4.69, 9.17) is 4.74 Å². The monoisotopic (exact) mass is 403 g/mol. The summed E-state index contributed by atoms with van der Waals surface area (Å²) >= 11 is 0. The molecule has 1 aliphatic heterocycles. The molecule has 160 valence electrons. The van der Waals surface area contributed by atoms with E-state index in [9.17, 15) is 14.7 Å². The number of nitrogens with zero attached hydrogens (tertiary/aromatic N) is 1. The molecule has 1 aromatic carbocycles. The van der Waals surface area contributed by atoms with Gasteiger partial charge in [-0.1, -0.05) is 12.1 Å². The second-order valence-corrected chi connectivity index (χ2v) is 8.22. The minimum Gasteiger partial charge on any atom is -0.508 e. The van der Waals surface area contributed by atoms with Crippen LogP contribution in [0.5, 0.6) is 5.75 Å². The molecule has 2 atom stereocenters. The average Bonchev–Trinajstić information content (AvgIpc) is 3.42. The number of carbonyl (C=O) groups excluding carboxylic acids is 2. The van der Waals surface area contributed by atoms with Crippen LogP contribution in [0, 0.1) is 5.92 Å². The number of hydrogen-bond acceptors (Lipinski definition) is 5. The summed E-state index contributed by atoms with van der Waals surface area (Å²) in [6.07, 6.45) is 5.27. The molecule has 29 heavy (non-hydrogen) atoms. The van der Waals surface area contributed by atoms with Crippen LogP contribution >= 0.6 is 0 Å². The lowest BCUT2D eigenvalue weighted by atomic mass is 10.1. The molecule has 0 aromatic heterocycles. The second kappa shape index (κ2) is 10.6. The topological polar surface area (TPSA) is 90.9 Å². The molecule has 2 amide bonds. The quantitative estimate of drug-likeness (QED) is 0.487. The summed E-state index contributed by atoms with van der Waals surface area (Å²) in [7, 11) is 1.62. The SMILES string of the molecule is COCCNC(=O)C[C@H]1CC[C@@H](CNC(=O)Cc2cccc(O)c2)N1CC1CC1. The van der Waals surface area contributed by atoms with Crippen molar-refractivity contribution < 1.29 is 19.4 Å². The second-order valence-electron chi connectivity index (χ2n) is 8.22. The van der Waals surface area contributed by atoms with E-state index in [1.54, 1.807) is 25.3 Å². The van der Waals surface area contributed by atoms with E-state index < -0.39 is 0 Å². The summed E-state index contributed by atoms with van der Waals surface area (Å²) in [4.78, 5) is 27.0. The first kappa shape index (κ1) is 21.6. The molecular formula is C22H33N3O4. The molecule has 3 rings (SSSR count). The Balaban J connectivity index is 1.48. The predicted molar refractivity (Wildman–Crippen MR) is 111 cm³/mol. The van der Waals surface area contributed by atoms with E-state index in [0.717, 1.165) is 30.9 Å². The van der Waals surface area contributed by atoms with E-state index in [2.05, 4.69) is 15.5 Å². The standard InChI is InChI=1S/C22H33N3O4/c1-29-10-9-23-22(28)13-18-7-8-19(25(18)15-16-5-6-16)14-24-21(27)12-17-3-2-4-20(26)11-17/h2-4,11,16,18-19,26H,5-10,12-15H2,1H3,(H,23,28)(H,24,27)/t18-,19+/m1/s1. The Labute approximate surface area is 172 Å². The summed E-state index contributed by atoms with van der Waals surface area (Å²) in [6.45, 7) is 2.69. The first-order valence-corrected chi connectivity index (χ1v) is 10.6. The first-order valence-electron chi connectivity index (χ1n) is 10.6. The highest BCUT2D eigenvalue weighted by Crippen LogP contribution is 2.35. The average molecular weight is 404 g/mol. The third-order valence-corrected chi connectivity index (χ3v) is 5.80. The Morgan fingerprint density at radius 1 is 1.14 bits per heavy atom. The van der Waals surface area contributed by atoms with Crippen molar-refractivity contribution in [1.29, 1.82) is 0 Å². The van der Waals surface area contributed by atoms with Crippen molar-refractivity contribution in [2.75, 3.05) is 33.4 Å². The lowest BCUT2D eigenvalue weighted by Gasteiger charge is -2.30. The number of ether oxygens (including phenoxy) is 1. The zero-order valence-electron chi connectivity index (χ0n) is 17.2. The first-order chi connectivity index (χ1) is 14.0. The number of methoxy groups -OCH3 is 1. The number of rotatable bonds is 11. The molecule has 0 spiro atoms. The normalized spacial score (nSPS) is 21.8. The summed E-state index contributed by atoms with van der Waals surface area (Å²) in [5, 5.41) is 15.5. The number of carbonyl (C=O) groups is 2. The van der Waals surface area contributed by atoms with Gasteiger partial charge in [-0.2, -0.15) is 0 Å². The summed E-state index contributed by atoms with van der Waals surface area (Å²) in [5.41, 5.74) is 0.800. The third-order valence-electron chi connectivity index (χ3n) is 5.80. The van der Waals surface area contributed by atoms with Crippen molar-refractivity contribution in [1.82, 2.24) is 15.5 Å². The molecule has 2 aliphatic rings. The van der Waals surface area contributed by atoms with E-state index in [-0.39, 0.29) is 36.1 Å². The van der Waals surface area contributed by atoms with Crippen LogP contribution in [0.3, 0.4) is 0 Å². The fourth-order valence-electron chi connectivity index (χ4n) is 4.07. The number of likely N-dealkylation sites (tertiary alicyclic amines) is 1. The maximum absolute atomic E-state index is 12.3. The predicted octanol–water partition coefficient (Wildman–Crippen LogP) is 1.45. The highest BCUT2D eigenvalue weighted by atomic mass is 16.5. The van der Waals surface area contributed by atoms with E-state index >= 15 is 0 Å². The van der Waals surface area contributed by atoms with Crippen LogP contribution < -0.4 is 10.6 Å². The molecule has 1 heterocycles. The molecule has 1 aliphatic carbocycles. The van der Waals surface area contributed by atoms with Gasteiger partial charge in [0.05, 0.1) is 13.0 Å². The number of aromatic hydroxyl groups is 1. The fourth-order valence-corrected chi connectivity index (χ4v) is 4.07. The molecular weight excluding hydrogens is 370 g/mol. The van der Waals surface area contributed by atoms with Crippen molar-refractivity contribution in [3.8, 4) is 5.75 Å². The lowest BCUT2D eigenvalue weighted by Crippen LogP contribution is -2.45. The van der Waals surface area contributed by atoms with Crippen LogP contribution in [0.25, 0.3) is 0 Å². The van der Waals surface area contributed by atoms with Crippen molar-refractivity contribution in [2.45, 2.75) is 50.6 Å². The van der Waals surface area contributed by atoms with Gasteiger partial charge in [0.2, 0.25) is 11.8 Å². The molecule has 7 heteroatoms. The summed E-state index contributed by atoms with van der Waals surface area (Å²) in [6, 6.07) is 7.32. The molecule has 0 radical (unpaired) electrons. The van der Waals surface area contributed by atoms with Crippen molar-refractivity contribution in [3.05, 3.63) is 29.8 Å². The number of benzene rings is 1. The van der Waals surface area contributed by atoms with Crippen molar-refractivity contribution >= 4 is 11.8 Å². The number of amides is 2. The van der Waals surface area contributed by atoms with Crippen molar-refractivity contribution in [2.24, 2.45) is 5.92 Å². The van der Waals surface area contributed by atoms with Crippen LogP contribution in [0.15, 0.2) is 24.3 Å². The minimum atomic E-state index is -0.0391. The number of phenolic OH excluding ortho intramolecular Hbond substituents is 1. The van der Waals surface area contributed by atoms with Crippen LogP contribution in [0.1, 0.15) is 37.7 Å². The molecule has 1 saturated heterocycles. The van der Waals surface area contributed by atoms with E-state index in [1.165, 1.54) is 12.8 Å². The number of phenols is 1. The summed E-state index contributed by atoms with van der Waals surface area (Å²) < 4.78 is 4.99. The van der Waals surface area contributed by atoms with Crippen LogP contribution in [-0.2, 0) is 20.7 Å². The van der Waals surface area contributed by atoms with E-state index in [0.29, 0.717) is 26.1 Å². The highest BCUT2D eigenvalue weighted by Gasteiger charge is 2.37. The molecule has 0 bridgehead atoms. The van der Waals surface area contributed by atoms with Gasteiger partial charge < -0.3 is 20.5 Å². The van der Waals surface area contributed by atoms with Crippen molar-refractivity contribution in [3.63, 3.8) is 0 Å². The van der Waals surface area contributed by atoms with Gasteiger partial charge in [-0.3, -0.25) is 14.5 Å². The molecule has 7 nitrogen and oxygen atoms in total. The maximum atomic E-state index is 12.3. The van der Waals surface area contributed by atoms with Gasteiger partial charge in [-0.05, 0) is 49.3 Å². The van der Waals surface area contributed by atoms with Gasteiger partial charge in [0, 0.05) is 45.2 Å². The van der Waals surface area contributed by atoms with Gasteiger partial charge in [0.15, 0.2) is 0 Å². The Morgan fingerprint density at radius 2 is 1.93 bits per heavy atom. The molecule has 2 fully saturated rings. The van der Waals surface area contributed by atoms with Gasteiger partial charge in [-0.25, -0.2) is 0 Å². The van der Waals surface area contributed by atoms with Gasteiger partial charge in [0.25, 0.3) is 0 Å². The minimum absolute atomic E-state index is 0.0391.